The number of ether oxygens (including phenoxy) is 1. The number of halogens is 1. The number of aromatic nitrogens is 1. The Labute approximate surface area is 167 Å². The molecule has 0 radical (unpaired) electrons. The van der Waals surface area contributed by atoms with E-state index in [1.54, 1.807) is 7.11 Å². The summed E-state index contributed by atoms with van der Waals surface area (Å²) in [6.07, 6.45) is 1.38. The Bertz CT molecular complexity index is 964. The highest BCUT2D eigenvalue weighted by Gasteiger charge is 2.34. The average molecular weight is 427 g/mol. The van der Waals surface area contributed by atoms with Crippen LogP contribution in [0.1, 0.15) is 24.0 Å². The van der Waals surface area contributed by atoms with Gasteiger partial charge in [-0.05, 0) is 67.3 Å². The van der Waals surface area contributed by atoms with Crippen LogP contribution in [0.3, 0.4) is 0 Å². The summed E-state index contributed by atoms with van der Waals surface area (Å²) in [7, 11) is 1.68. The van der Waals surface area contributed by atoms with Crippen molar-refractivity contribution in [3.8, 4) is 5.75 Å². The molecule has 0 amide bonds. The molecule has 1 aliphatic heterocycles. The van der Waals surface area contributed by atoms with E-state index in [1.807, 2.05) is 42.5 Å². The molecule has 0 saturated carbocycles. The quantitative estimate of drug-likeness (QED) is 0.652. The number of benzene rings is 2. The number of aliphatic hydroxyl groups is 1. The summed E-state index contributed by atoms with van der Waals surface area (Å²) in [5, 5.41) is 12.2. The third kappa shape index (κ3) is 3.54. The zero-order chi connectivity index (χ0) is 19.0. The fourth-order valence-corrected chi connectivity index (χ4v) is 4.06. The fourth-order valence-electron chi connectivity index (χ4n) is 3.80. The lowest BCUT2D eigenvalue weighted by Gasteiger charge is -2.39. The van der Waals surface area contributed by atoms with Gasteiger partial charge in [-0.2, -0.15) is 0 Å². The number of hydrogen-bond donors (Lipinski definition) is 1. The maximum atomic E-state index is 11.1. The van der Waals surface area contributed by atoms with Crippen molar-refractivity contribution < 1.29 is 9.84 Å². The van der Waals surface area contributed by atoms with Crippen LogP contribution in [0.4, 0.5) is 5.82 Å². The molecule has 0 aliphatic carbocycles. The van der Waals surface area contributed by atoms with E-state index in [1.165, 1.54) is 5.56 Å². The fraction of sp³-hybridized carbons (Fsp3) is 0.318. The number of piperidine rings is 1. The molecule has 0 unspecified atom stereocenters. The lowest BCUT2D eigenvalue weighted by atomic mass is 9.84. The normalized spacial score (nSPS) is 16.5. The summed E-state index contributed by atoms with van der Waals surface area (Å²) in [5.41, 5.74) is 2.37. The summed E-state index contributed by atoms with van der Waals surface area (Å²) in [4.78, 5) is 7.12. The van der Waals surface area contributed by atoms with E-state index in [0.717, 1.165) is 45.6 Å². The van der Waals surface area contributed by atoms with Crippen molar-refractivity contribution >= 4 is 32.7 Å². The van der Waals surface area contributed by atoms with Crippen LogP contribution in [0.15, 0.2) is 53.0 Å². The van der Waals surface area contributed by atoms with Crippen molar-refractivity contribution in [3.63, 3.8) is 0 Å². The molecule has 0 spiro atoms. The van der Waals surface area contributed by atoms with Crippen molar-refractivity contribution in [2.75, 3.05) is 25.1 Å². The van der Waals surface area contributed by atoms with Crippen LogP contribution in [-0.4, -0.2) is 30.3 Å². The van der Waals surface area contributed by atoms with Gasteiger partial charge in [-0.25, -0.2) is 4.98 Å². The molecular weight excluding hydrogens is 404 g/mol. The number of rotatable bonds is 3. The minimum atomic E-state index is -0.767. The third-order valence-electron chi connectivity index (χ3n) is 5.51. The molecule has 1 aliphatic rings. The molecule has 1 fully saturated rings. The molecule has 4 nitrogen and oxygen atoms in total. The Hall–Kier alpha value is -2.11. The molecule has 0 bridgehead atoms. The molecule has 1 N–H and O–H groups in total. The zero-order valence-corrected chi connectivity index (χ0v) is 17.2. The molecule has 27 heavy (non-hydrogen) atoms. The first-order valence-corrected chi connectivity index (χ1v) is 9.97. The molecule has 1 saturated heterocycles. The van der Waals surface area contributed by atoms with Crippen LogP contribution in [0.5, 0.6) is 5.75 Å². The maximum Gasteiger partial charge on any atom is 0.129 e. The van der Waals surface area contributed by atoms with Crippen LogP contribution in [0, 0.1) is 6.92 Å². The average Bonchev–Trinajstić information content (AvgIpc) is 2.68. The summed E-state index contributed by atoms with van der Waals surface area (Å²) in [6.45, 7) is 3.66. The SMILES string of the molecule is COc1ccc2nc(N3CCC(O)(c4ccc(Br)cc4)CC3)cc(C)c2c1. The Balaban J connectivity index is 1.56. The minimum Gasteiger partial charge on any atom is -0.497 e. The van der Waals surface area contributed by atoms with Crippen molar-refractivity contribution in [3.05, 3.63) is 64.1 Å². The van der Waals surface area contributed by atoms with E-state index in [2.05, 4.69) is 33.8 Å². The van der Waals surface area contributed by atoms with Crippen LogP contribution in [-0.2, 0) is 5.60 Å². The monoisotopic (exact) mass is 426 g/mol. The van der Waals surface area contributed by atoms with E-state index in [9.17, 15) is 5.11 Å². The number of anilines is 1. The molecule has 2 aromatic carbocycles. The van der Waals surface area contributed by atoms with E-state index < -0.39 is 5.60 Å². The second kappa shape index (κ2) is 7.13. The molecule has 140 valence electrons. The van der Waals surface area contributed by atoms with Gasteiger partial charge in [0.1, 0.15) is 11.6 Å². The third-order valence-corrected chi connectivity index (χ3v) is 6.03. The lowest BCUT2D eigenvalue weighted by molar-refractivity contribution is 0.0116. The Kier molecular flexibility index (Phi) is 4.82. The summed E-state index contributed by atoms with van der Waals surface area (Å²) >= 11 is 3.46. The largest absolute Gasteiger partial charge is 0.497 e. The van der Waals surface area contributed by atoms with Crippen LogP contribution >= 0.6 is 15.9 Å². The van der Waals surface area contributed by atoms with Gasteiger partial charge in [0.05, 0.1) is 18.2 Å². The number of pyridine rings is 1. The van der Waals surface area contributed by atoms with Gasteiger partial charge in [0.15, 0.2) is 0 Å². The Morgan fingerprint density at radius 3 is 2.44 bits per heavy atom. The molecule has 1 aromatic heterocycles. The molecule has 2 heterocycles. The molecule has 3 aromatic rings. The van der Waals surface area contributed by atoms with Crippen LogP contribution < -0.4 is 9.64 Å². The Morgan fingerprint density at radius 1 is 1.07 bits per heavy atom. The number of aryl methyl sites for hydroxylation is 1. The number of hydrogen-bond acceptors (Lipinski definition) is 4. The van der Waals surface area contributed by atoms with Gasteiger partial charge in [0.2, 0.25) is 0 Å². The topological polar surface area (TPSA) is 45.6 Å². The first-order valence-electron chi connectivity index (χ1n) is 9.17. The summed E-state index contributed by atoms with van der Waals surface area (Å²) < 4.78 is 6.35. The first-order chi connectivity index (χ1) is 13.0. The maximum absolute atomic E-state index is 11.1. The molecule has 0 atom stereocenters. The van der Waals surface area contributed by atoms with Crippen LogP contribution in [0.25, 0.3) is 10.9 Å². The van der Waals surface area contributed by atoms with Gasteiger partial charge in [-0.1, -0.05) is 28.1 Å². The summed E-state index contributed by atoms with van der Waals surface area (Å²) in [6, 6.07) is 16.1. The number of methoxy groups -OCH3 is 1. The molecular formula is C22H23BrN2O2. The van der Waals surface area contributed by atoms with Gasteiger partial charge in [-0.15, -0.1) is 0 Å². The predicted molar refractivity (Wildman–Crippen MR) is 113 cm³/mol. The van der Waals surface area contributed by atoms with Crippen molar-refractivity contribution in [2.24, 2.45) is 0 Å². The highest BCUT2D eigenvalue weighted by Crippen LogP contribution is 2.35. The predicted octanol–water partition coefficient (Wildman–Crippen LogP) is 4.80. The number of nitrogens with zero attached hydrogens (tertiary/aromatic N) is 2. The van der Waals surface area contributed by atoms with Gasteiger partial charge in [0.25, 0.3) is 0 Å². The smallest absolute Gasteiger partial charge is 0.129 e. The lowest BCUT2D eigenvalue weighted by Crippen LogP contribution is -2.43. The van der Waals surface area contributed by atoms with Crippen molar-refractivity contribution in [1.82, 2.24) is 4.98 Å². The minimum absolute atomic E-state index is 0.690. The van der Waals surface area contributed by atoms with Gasteiger partial charge >= 0.3 is 0 Å². The molecule has 4 rings (SSSR count). The Morgan fingerprint density at radius 2 is 1.78 bits per heavy atom. The second-order valence-corrected chi connectivity index (χ2v) is 8.12. The second-order valence-electron chi connectivity index (χ2n) is 7.21. The van der Waals surface area contributed by atoms with Crippen molar-refractivity contribution in [2.45, 2.75) is 25.4 Å². The highest BCUT2D eigenvalue weighted by molar-refractivity contribution is 9.10. The van der Waals surface area contributed by atoms with Gasteiger partial charge in [0, 0.05) is 22.9 Å². The van der Waals surface area contributed by atoms with Gasteiger partial charge < -0.3 is 14.7 Å². The van der Waals surface area contributed by atoms with E-state index in [-0.39, 0.29) is 0 Å². The standard InChI is InChI=1S/C22H23BrN2O2/c1-15-13-21(24-20-8-7-18(27-2)14-19(15)20)25-11-9-22(26,10-12-25)16-3-5-17(23)6-4-16/h3-8,13-14,26H,9-12H2,1-2H3. The van der Waals surface area contributed by atoms with Gasteiger partial charge in [-0.3, -0.25) is 0 Å². The van der Waals surface area contributed by atoms with E-state index in [4.69, 9.17) is 9.72 Å². The molecule has 5 heteroatoms. The van der Waals surface area contributed by atoms with E-state index >= 15 is 0 Å². The van der Waals surface area contributed by atoms with Crippen LogP contribution in [0.2, 0.25) is 0 Å². The first kappa shape index (κ1) is 18.3. The number of fused-ring (bicyclic) bond motifs is 1. The van der Waals surface area contributed by atoms with Crippen molar-refractivity contribution in [1.29, 1.82) is 0 Å². The summed E-state index contributed by atoms with van der Waals surface area (Å²) in [5.74, 6) is 1.82. The van der Waals surface area contributed by atoms with E-state index in [0.29, 0.717) is 12.8 Å². The highest BCUT2D eigenvalue weighted by atomic mass is 79.9. The zero-order valence-electron chi connectivity index (χ0n) is 15.6.